The fourth-order valence-electron chi connectivity index (χ4n) is 4.09. The van der Waals surface area contributed by atoms with Crippen LogP contribution >= 0.6 is 38.6 Å². The standard InChI is InChI=1S/C17H22FN3O3S.C13H14BrN3OS/c1-5-24-12-6-7-14(13(18)10-12)19-17-21(8-9-22)11(2)15(25-17)16(23)20(3)4;1-4-17-8(2)12(9(3)18)19-13(17)16-10-5-6-11(14)15-7-10/h6-7,10,22H,5,8-9H2,1-4H3;5-7H,4H2,1-3H3/b19-17-;16-13-. The molecule has 3 aromatic heterocycles. The van der Waals surface area contributed by atoms with Crippen LogP contribution in [-0.4, -0.2) is 63.1 Å². The molecule has 10 nitrogen and oxygen atoms in total. The van der Waals surface area contributed by atoms with Crippen LogP contribution in [0.3, 0.4) is 0 Å². The predicted octanol–water partition coefficient (Wildman–Crippen LogP) is 5.79. The molecule has 0 fully saturated rings. The van der Waals surface area contributed by atoms with Crippen molar-refractivity contribution in [2.45, 2.75) is 47.7 Å². The van der Waals surface area contributed by atoms with Gasteiger partial charge in [0.2, 0.25) is 0 Å². The summed E-state index contributed by atoms with van der Waals surface area (Å²) < 4.78 is 24.1. The number of hydrogen-bond donors (Lipinski definition) is 1. The number of thiazole rings is 2. The number of amides is 1. The summed E-state index contributed by atoms with van der Waals surface area (Å²) in [5.41, 5.74) is 2.61. The molecule has 0 saturated carbocycles. The molecule has 1 N–H and O–H groups in total. The van der Waals surface area contributed by atoms with Crippen LogP contribution in [0.25, 0.3) is 0 Å². The first-order chi connectivity index (χ1) is 20.9. The molecule has 0 aliphatic carbocycles. The number of aliphatic hydroxyl groups is 1. The molecule has 14 heteroatoms. The van der Waals surface area contributed by atoms with E-state index >= 15 is 0 Å². The average Bonchev–Trinajstić information content (AvgIpc) is 3.46. The van der Waals surface area contributed by atoms with Gasteiger partial charge in [-0.15, -0.1) is 0 Å². The van der Waals surface area contributed by atoms with E-state index < -0.39 is 5.82 Å². The minimum absolute atomic E-state index is 0.0834. The Balaban J connectivity index is 0.000000249. The highest BCUT2D eigenvalue weighted by atomic mass is 79.9. The Bertz CT molecular complexity index is 1760. The lowest BCUT2D eigenvalue weighted by atomic mass is 10.3. The zero-order valence-corrected chi connectivity index (χ0v) is 28.9. The smallest absolute Gasteiger partial charge is 0.265 e. The summed E-state index contributed by atoms with van der Waals surface area (Å²) in [5.74, 6) is -0.135. The molecular formula is C30H36BrFN6O4S2. The van der Waals surface area contributed by atoms with E-state index in [2.05, 4.69) is 30.9 Å². The van der Waals surface area contributed by atoms with Gasteiger partial charge < -0.3 is 23.9 Å². The average molecular weight is 708 g/mol. The molecular weight excluding hydrogens is 671 g/mol. The number of rotatable bonds is 9. The fourth-order valence-corrected chi connectivity index (χ4v) is 6.62. The molecule has 0 aliphatic heterocycles. The van der Waals surface area contributed by atoms with Gasteiger partial charge in [-0.05, 0) is 67.9 Å². The van der Waals surface area contributed by atoms with E-state index in [0.29, 0.717) is 27.7 Å². The highest BCUT2D eigenvalue weighted by Crippen LogP contribution is 2.24. The van der Waals surface area contributed by atoms with E-state index in [4.69, 9.17) is 4.74 Å². The topological polar surface area (TPSA) is 114 Å². The number of ketones is 1. The van der Waals surface area contributed by atoms with Crippen molar-refractivity contribution >= 4 is 61.7 Å². The van der Waals surface area contributed by atoms with Crippen LogP contribution in [0.15, 0.2) is 51.1 Å². The number of aliphatic hydroxyl groups excluding tert-OH is 1. The lowest BCUT2D eigenvalue weighted by Crippen LogP contribution is -2.22. The van der Waals surface area contributed by atoms with Crippen LogP contribution in [0.5, 0.6) is 5.75 Å². The van der Waals surface area contributed by atoms with Crippen molar-refractivity contribution in [1.29, 1.82) is 0 Å². The maximum atomic E-state index is 14.3. The molecule has 44 heavy (non-hydrogen) atoms. The zero-order chi connectivity index (χ0) is 32.6. The summed E-state index contributed by atoms with van der Waals surface area (Å²) in [5, 5.41) is 9.30. The van der Waals surface area contributed by atoms with E-state index in [1.807, 2.05) is 37.5 Å². The van der Waals surface area contributed by atoms with Gasteiger partial charge in [-0.3, -0.25) is 9.59 Å². The van der Waals surface area contributed by atoms with Crippen molar-refractivity contribution in [2.75, 3.05) is 27.3 Å². The fraction of sp³-hybridized carbons (Fsp3) is 0.367. The molecule has 0 radical (unpaired) electrons. The van der Waals surface area contributed by atoms with Crippen LogP contribution in [-0.2, 0) is 13.1 Å². The summed E-state index contributed by atoms with van der Waals surface area (Å²) in [6.07, 6.45) is 1.70. The van der Waals surface area contributed by atoms with E-state index in [-0.39, 0.29) is 30.5 Å². The number of hydrogen-bond acceptors (Lipinski definition) is 9. The zero-order valence-electron chi connectivity index (χ0n) is 25.7. The number of aromatic nitrogens is 3. The van der Waals surface area contributed by atoms with Crippen LogP contribution < -0.4 is 14.3 Å². The molecule has 0 spiro atoms. The third-order valence-electron chi connectivity index (χ3n) is 6.26. The van der Waals surface area contributed by atoms with E-state index in [1.54, 1.807) is 44.8 Å². The molecule has 236 valence electrons. The third-order valence-corrected chi connectivity index (χ3v) is 9.18. The molecule has 4 aromatic rings. The molecule has 3 heterocycles. The predicted molar refractivity (Wildman–Crippen MR) is 175 cm³/mol. The normalized spacial score (nSPS) is 11.8. The Hall–Kier alpha value is -3.46. The maximum Gasteiger partial charge on any atom is 0.265 e. The monoisotopic (exact) mass is 706 g/mol. The Morgan fingerprint density at radius 2 is 1.70 bits per heavy atom. The second-order valence-electron chi connectivity index (χ2n) is 9.58. The number of halogens is 2. The summed E-state index contributed by atoms with van der Waals surface area (Å²) in [7, 11) is 3.33. The molecule has 0 saturated heterocycles. The maximum absolute atomic E-state index is 14.3. The lowest BCUT2D eigenvalue weighted by molar-refractivity contribution is 0.0830. The quantitative estimate of drug-likeness (QED) is 0.175. The molecule has 1 aromatic carbocycles. The highest BCUT2D eigenvalue weighted by Gasteiger charge is 2.18. The Kier molecular flexibility index (Phi) is 12.8. The number of pyridine rings is 1. The van der Waals surface area contributed by atoms with Crippen molar-refractivity contribution in [1.82, 2.24) is 19.0 Å². The van der Waals surface area contributed by atoms with Crippen molar-refractivity contribution in [2.24, 2.45) is 9.98 Å². The van der Waals surface area contributed by atoms with Gasteiger partial charge in [-0.2, -0.15) is 0 Å². The van der Waals surface area contributed by atoms with Gasteiger partial charge in [-0.25, -0.2) is 19.4 Å². The van der Waals surface area contributed by atoms with Gasteiger partial charge in [0.05, 0.1) is 30.0 Å². The van der Waals surface area contributed by atoms with Crippen LogP contribution in [0.1, 0.15) is 51.5 Å². The van der Waals surface area contributed by atoms with E-state index in [0.717, 1.165) is 32.2 Å². The minimum Gasteiger partial charge on any atom is -0.494 e. The van der Waals surface area contributed by atoms with Crippen LogP contribution in [0.4, 0.5) is 15.8 Å². The number of Topliss-reactive ketones (excluding diaryl/α,β-unsaturated/α-hetero) is 1. The SMILES string of the molecule is CCOc1ccc(/N=c2\sc(C(=O)N(C)C)c(C)n2CCO)c(F)c1.CCn1c(C)c(C(C)=O)s/c1=N\c1ccc(Br)nc1. The van der Waals surface area contributed by atoms with Crippen LogP contribution in [0.2, 0.25) is 0 Å². The molecule has 1 amide bonds. The molecule has 0 bridgehead atoms. The number of ether oxygens (including phenoxy) is 1. The number of carbonyl (C=O) groups excluding carboxylic acids is 2. The van der Waals surface area contributed by atoms with Gasteiger partial charge in [0.15, 0.2) is 21.2 Å². The first-order valence-corrected chi connectivity index (χ1v) is 16.2. The van der Waals surface area contributed by atoms with Gasteiger partial charge in [0.25, 0.3) is 5.91 Å². The first-order valence-electron chi connectivity index (χ1n) is 13.8. The van der Waals surface area contributed by atoms with Crippen molar-refractivity contribution in [3.05, 3.63) is 77.7 Å². The Morgan fingerprint density at radius 1 is 1.05 bits per heavy atom. The summed E-state index contributed by atoms with van der Waals surface area (Å²) in [4.78, 5) is 41.0. The number of nitrogens with zero attached hydrogens (tertiary/aromatic N) is 6. The van der Waals surface area contributed by atoms with Crippen molar-refractivity contribution in [3.63, 3.8) is 0 Å². The third kappa shape index (κ3) is 8.58. The van der Waals surface area contributed by atoms with Gasteiger partial charge in [-0.1, -0.05) is 22.7 Å². The highest BCUT2D eigenvalue weighted by molar-refractivity contribution is 9.10. The lowest BCUT2D eigenvalue weighted by Gasteiger charge is -2.09. The summed E-state index contributed by atoms with van der Waals surface area (Å²) >= 11 is 5.90. The van der Waals surface area contributed by atoms with Crippen LogP contribution in [0, 0.1) is 19.7 Å². The van der Waals surface area contributed by atoms with Gasteiger partial charge >= 0.3 is 0 Å². The van der Waals surface area contributed by atoms with E-state index in [9.17, 15) is 19.1 Å². The number of carbonyl (C=O) groups is 2. The minimum atomic E-state index is -0.506. The van der Waals surface area contributed by atoms with Gasteiger partial charge in [0, 0.05) is 51.6 Å². The first kappa shape index (κ1) is 35.0. The van der Waals surface area contributed by atoms with Crippen molar-refractivity contribution < 1.29 is 23.8 Å². The summed E-state index contributed by atoms with van der Waals surface area (Å²) in [6.45, 7) is 10.6. The van der Waals surface area contributed by atoms with Crippen molar-refractivity contribution in [3.8, 4) is 5.75 Å². The number of benzene rings is 1. The Morgan fingerprint density at radius 3 is 2.25 bits per heavy atom. The molecule has 0 unspecified atom stereocenters. The second kappa shape index (κ2) is 16.0. The molecule has 0 aliphatic rings. The molecule has 4 rings (SSSR count). The molecule has 0 atom stereocenters. The Labute approximate surface area is 272 Å². The second-order valence-corrected chi connectivity index (χ2v) is 12.4. The van der Waals surface area contributed by atoms with Gasteiger partial charge in [0.1, 0.15) is 20.9 Å². The van der Waals surface area contributed by atoms with E-state index in [1.165, 1.54) is 39.7 Å². The summed E-state index contributed by atoms with van der Waals surface area (Å²) in [6, 6.07) is 8.20. The largest absolute Gasteiger partial charge is 0.494 e.